The Bertz CT molecular complexity index is 1340. The highest BCUT2D eigenvalue weighted by molar-refractivity contribution is 6.44. The molecular formula is C25H19Cl3FN3O4. The predicted molar refractivity (Wildman–Crippen MR) is 137 cm³/mol. The van der Waals surface area contributed by atoms with Crippen LogP contribution in [0.1, 0.15) is 21.5 Å². The van der Waals surface area contributed by atoms with Crippen LogP contribution in [0.4, 0.5) is 10.1 Å². The lowest BCUT2D eigenvalue weighted by atomic mass is 10.0. The van der Waals surface area contributed by atoms with Gasteiger partial charge in [-0.1, -0.05) is 53.0 Å². The van der Waals surface area contributed by atoms with Crippen LogP contribution in [0.5, 0.6) is 5.75 Å². The Morgan fingerprint density at radius 1 is 1.08 bits per heavy atom. The molecule has 1 aliphatic rings. The summed E-state index contributed by atoms with van der Waals surface area (Å²) >= 11 is 19.0. The average Bonchev–Trinajstić information content (AvgIpc) is 2.96. The lowest BCUT2D eigenvalue weighted by Gasteiger charge is -2.16. The number of carbonyl (C=O) groups is 2. The molecule has 0 spiro atoms. The van der Waals surface area contributed by atoms with E-state index in [1.165, 1.54) is 25.3 Å². The van der Waals surface area contributed by atoms with Crippen molar-refractivity contribution >= 4 is 58.0 Å². The van der Waals surface area contributed by atoms with E-state index in [0.717, 1.165) is 12.1 Å². The fourth-order valence-electron chi connectivity index (χ4n) is 3.56. The fraction of sp³-hybridized carbons (Fsp3) is 0.160. The molecule has 0 bridgehead atoms. The van der Waals surface area contributed by atoms with Gasteiger partial charge in [0.1, 0.15) is 18.2 Å². The number of anilines is 1. The molecule has 11 heteroatoms. The minimum Gasteiger partial charge on any atom is -0.490 e. The lowest BCUT2D eigenvalue weighted by Crippen LogP contribution is -2.42. The summed E-state index contributed by atoms with van der Waals surface area (Å²) in [6, 6.07) is 13.4. The molecule has 0 saturated heterocycles. The summed E-state index contributed by atoms with van der Waals surface area (Å²) in [6.45, 7) is 0.398. The molecule has 2 N–H and O–H groups in total. The van der Waals surface area contributed by atoms with Crippen LogP contribution in [0.2, 0.25) is 15.1 Å². The molecule has 2 amide bonds. The molecule has 1 aliphatic heterocycles. The first kappa shape index (κ1) is 25.9. The van der Waals surface area contributed by atoms with E-state index in [1.807, 2.05) is 0 Å². The van der Waals surface area contributed by atoms with Gasteiger partial charge in [-0.25, -0.2) is 9.38 Å². The third-order valence-corrected chi connectivity index (χ3v) is 6.00. The molecule has 1 heterocycles. The van der Waals surface area contributed by atoms with Crippen LogP contribution >= 0.6 is 34.8 Å². The van der Waals surface area contributed by atoms with Gasteiger partial charge in [-0.2, -0.15) is 0 Å². The number of carbonyl (C=O) groups excluding carboxylic acids is 2. The number of benzodiazepines with no additional fused rings is 1. The molecular weight excluding hydrogens is 532 g/mol. The van der Waals surface area contributed by atoms with E-state index >= 15 is 0 Å². The van der Waals surface area contributed by atoms with E-state index < -0.39 is 23.8 Å². The number of halogens is 4. The molecule has 7 nitrogen and oxygen atoms in total. The van der Waals surface area contributed by atoms with E-state index in [-0.39, 0.29) is 40.3 Å². The van der Waals surface area contributed by atoms with Crippen molar-refractivity contribution in [3.63, 3.8) is 0 Å². The molecule has 186 valence electrons. The standard InChI is InChI=1S/C25H19Cl3FN3O4/c1-35-8-9-36-20-7-6-14(29)12-16(20)24(33)32-23-25(34)30-19-5-3-2-4-15(19)22(31-23)21-17(27)10-13(26)11-18(21)28/h2-7,10-12,23H,8-9H2,1H3,(H,30,34)(H,32,33)/t23-/m0/s1. The third-order valence-electron chi connectivity index (χ3n) is 5.19. The second-order valence-electron chi connectivity index (χ2n) is 7.61. The van der Waals surface area contributed by atoms with Gasteiger partial charge in [-0.15, -0.1) is 0 Å². The highest BCUT2D eigenvalue weighted by Gasteiger charge is 2.30. The van der Waals surface area contributed by atoms with Gasteiger partial charge in [0.2, 0.25) is 6.17 Å². The Morgan fingerprint density at radius 3 is 2.53 bits per heavy atom. The van der Waals surface area contributed by atoms with Crippen LogP contribution in [-0.2, 0) is 9.53 Å². The summed E-state index contributed by atoms with van der Waals surface area (Å²) in [7, 11) is 1.50. The smallest absolute Gasteiger partial charge is 0.269 e. The number of nitrogens with zero attached hydrogens (tertiary/aromatic N) is 1. The van der Waals surface area contributed by atoms with Crippen molar-refractivity contribution in [2.45, 2.75) is 6.17 Å². The SMILES string of the molecule is COCCOc1ccc(F)cc1C(=O)N[C@@H]1N=C(c2c(Cl)cc(Cl)cc2Cl)c2ccccc2NC1=O. The van der Waals surface area contributed by atoms with E-state index in [1.54, 1.807) is 24.3 Å². The molecule has 4 rings (SSSR count). The number of rotatable bonds is 7. The summed E-state index contributed by atoms with van der Waals surface area (Å²) in [5.41, 5.74) is 1.45. The van der Waals surface area contributed by atoms with E-state index in [9.17, 15) is 14.0 Å². The van der Waals surface area contributed by atoms with Gasteiger partial charge in [0.15, 0.2) is 0 Å². The summed E-state index contributed by atoms with van der Waals surface area (Å²) < 4.78 is 24.5. The molecule has 36 heavy (non-hydrogen) atoms. The highest BCUT2D eigenvalue weighted by Crippen LogP contribution is 2.34. The van der Waals surface area contributed by atoms with Crippen molar-refractivity contribution < 1.29 is 23.5 Å². The molecule has 0 aromatic heterocycles. The largest absolute Gasteiger partial charge is 0.490 e. The number of amides is 2. The number of para-hydroxylation sites is 1. The topological polar surface area (TPSA) is 89.0 Å². The maximum Gasteiger partial charge on any atom is 0.269 e. The first-order valence-corrected chi connectivity index (χ1v) is 11.8. The number of benzene rings is 3. The van der Waals surface area contributed by atoms with Gasteiger partial charge < -0.3 is 20.1 Å². The zero-order valence-electron chi connectivity index (χ0n) is 18.8. The summed E-state index contributed by atoms with van der Waals surface area (Å²) in [5.74, 6) is -1.92. The molecule has 1 atom stereocenters. The number of aliphatic imine (C=N–C) groups is 1. The van der Waals surface area contributed by atoms with Gasteiger partial charge >= 0.3 is 0 Å². The van der Waals surface area contributed by atoms with Crippen molar-refractivity contribution in [3.8, 4) is 5.75 Å². The number of fused-ring (bicyclic) bond motifs is 1. The Morgan fingerprint density at radius 2 is 1.81 bits per heavy atom. The maximum atomic E-state index is 14.0. The molecule has 0 aliphatic carbocycles. The Hall–Kier alpha value is -3.17. The number of ether oxygens (including phenoxy) is 2. The first-order valence-electron chi connectivity index (χ1n) is 10.6. The van der Waals surface area contributed by atoms with Crippen molar-refractivity contribution in [1.29, 1.82) is 0 Å². The summed E-state index contributed by atoms with van der Waals surface area (Å²) in [6.07, 6.45) is -1.40. The van der Waals surface area contributed by atoms with E-state index in [2.05, 4.69) is 15.6 Å². The van der Waals surface area contributed by atoms with Crippen LogP contribution in [0.15, 0.2) is 59.6 Å². The van der Waals surface area contributed by atoms with Crippen LogP contribution in [-0.4, -0.2) is 44.0 Å². The van der Waals surface area contributed by atoms with Crippen molar-refractivity contribution in [2.75, 3.05) is 25.6 Å². The minimum absolute atomic E-state index is 0.111. The second-order valence-corrected chi connectivity index (χ2v) is 8.87. The van der Waals surface area contributed by atoms with Gasteiger partial charge in [0, 0.05) is 23.3 Å². The highest BCUT2D eigenvalue weighted by atomic mass is 35.5. The lowest BCUT2D eigenvalue weighted by molar-refractivity contribution is -0.117. The number of nitrogens with one attached hydrogen (secondary N) is 2. The summed E-state index contributed by atoms with van der Waals surface area (Å²) in [5, 5.41) is 6.02. The zero-order valence-corrected chi connectivity index (χ0v) is 21.0. The van der Waals surface area contributed by atoms with Crippen LogP contribution in [0.25, 0.3) is 0 Å². The molecule has 0 fully saturated rings. The minimum atomic E-state index is -1.40. The normalized spacial score (nSPS) is 14.9. The van der Waals surface area contributed by atoms with Crippen LogP contribution in [0, 0.1) is 5.82 Å². The molecule has 3 aromatic rings. The van der Waals surface area contributed by atoms with Crippen LogP contribution in [0.3, 0.4) is 0 Å². The van der Waals surface area contributed by atoms with Gasteiger partial charge in [-0.3, -0.25) is 9.59 Å². The van der Waals surface area contributed by atoms with Crippen molar-refractivity contribution in [1.82, 2.24) is 5.32 Å². The fourth-order valence-corrected chi connectivity index (χ4v) is 4.56. The predicted octanol–water partition coefficient (Wildman–Crippen LogP) is 5.36. The first-order chi connectivity index (χ1) is 17.3. The number of methoxy groups -OCH3 is 1. The average molecular weight is 551 g/mol. The van der Waals surface area contributed by atoms with Crippen molar-refractivity contribution in [3.05, 3.63) is 92.2 Å². The Balaban J connectivity index is 1.75. The van der Waals surface area contributed by atoms with E-state index in [0.29, 0.717) is 21.8 Å². The molecule has 0 unspecified atom stereocenters. The van der Waals surface area contributed by atoms with Crippen LogP contribution < -0.4 is 15.4 Å². The summed E-state index contributed by atoms with van der Waals surface area (Å²) in [4.78, 5) is 30.7. The maximum absolute atomic E-state index is 14.0. The quantitative estimate of drug-likeness (QED) is 0.388. The van der Waals surface area contributed by atoms with Gasteiger partial charge in [0.25, 0.3) is 11.8 Å². The Kier molecular flexibility index (Phi) is 8.11. The number of hydrogen-bond acceptors (Lipinski definition) is 5. The van der Waals surface area contributed by atoms with E-state index in [4.69, 9.17) is 44.3 Å². The number of hydrogen-bond donors (Lipinski definition) is 2. The molecule has 0 radical (unpaired) electrons. The molecule has 0 saturated carbocycles. The third kappa shape index (κ3) is 5.63. The monoisotopic (exact) mass is 549 g/mol. The van der Waals surface area contributed by atoms with Gasteiger partial charge in [-0.05, 0) is 36.4 Å². The molecule has 3 aromatic carbocycles. The zero-order chi connectivity index (χ0) is 25.8. The Labute approximate surface area is 221 Å². The van der Waals surface area contributed by atoms with Gasteiger partial charge in [0.05, 0.1) is 33.6 Å². The van der Waals surface area contributed by atoms with Crippen molar-refractivity contribution in [2.24, 2.45) is 4.99 Å². The second kappa shape index (κ2) is 11.3.